The molecule has 2 N–H and O–H groups in total. The SMILES string of the molecule is Cc1ccc(C#CCC(=O)O)cc1CO. The van der Waals surface area contributed by atoms with E-state index in [9.17, 15) is 4.79 Å². The van der Waals surface area contributed by atoms with Crippen LogP contribution in [-0.4, -0.2) is 16.2 Å². The Morgan fingerprint density at radius 2 is 2.20 bits per heavy atom. The minimum absolute atomic E-state index is 0.0275. The highest BCUT2D eigenvalue weighted by Crippen LogP contribution is 2.10. The molecule has 0 saturated heterocycles. The molecule has 3 nitrogen and oxygen atoms in total. The van der Waals surface area contributed by atoms with Gasteiger partial charge < -0.3 is 10.2 Å². The first-order valence-electron chi connectivity index (χ1n) is 4.54. The van der Waals surface area contributed by atoms with Crippen molar-refractivity contribution in [3.8, 4) is 11.8 Å². The smallest absolute Gasteiger partial charge is 0.315 e. The average Bonchev–Trinajstić information content (AvgIpc) is 2.20. The lowest BCUT2D eigenvalue weighted by Crippen LogP contribution is -1.91. The largest absolute Gasteiger partial charge is 0.481 e. The molecule has 1 rings (SSSR count). The molecule has 0 unspecified atom stereocenters. The third kappa shape index (κ3) is 3.45. The zero-order valence-electron chi connectivity index (χ0n) is 8.45. The molecule has 0 radical (unpaired) electrons. The van der Waals surface area contributed by atoms with Gasteiger partial charge in [0.15, 0.2) is 0 Å². The maximum absolute atomic E-state index is 10.2. The Kier molecular flexibility index (Phi) is 3.90. The van der Waals surface area contributed by atoms with E-state index in [0.717, 1.165) is 16.7 Å². The number of carboxylic acids is 1. The lowest BCUT2D eigenvalue weighted by molar-refractivity contribution is -0.135. The predicted octanol–water partition coefficient (Wildman–Crippen LogP) is 1.31. The molecule has 0 spiro atoms. The van der Waals surface area contributed by atoms with Crippen molar-refractivity contribution in [3.63, 3.8) is 0 Å². The fraction of sp³-hybridized carbons (Fsp3) is 0.250. The van der Waals surface area contributed by atoms with Crippen molar-refractivity contribution in [1.82, 2.24) is 0 Å². The summed E-state index contributed by atoms with van der Waals surface area (Å²) in [6, 6.07) is 5.43. The predicted molar refractivity (Wildman–Crippen MR) is 56.2 cm³/mol. The summed E-state index contributed by atoms with van der Waals surface area (Å²) in [5.41, 5.74) is 2.55. The van der Waals surface area contributed by atoms with Gasteiger partial charge in [0, 0.05) is 5.56 Å². The number of carboxylic acid groups (broad SMARTS) is 1. The van der Waals surface area contributed by atoms with Crippen molar-refractivity contribution in [3.05, 3.63) is 34.9 Å². The zero-order chi connectivity index (χ0) is 11.3. The summed E-state index contributed by atoms with van der Waals surface area (Å²) < 4.78 is 0. The van der Waals surface area contributed by atoms with Gasteiger partial charge in [0.05, 0.1) is 6.61 Å². The van der Waals surface area contributed by atoms with Crippen molar-refractivity contribution in [2.24, 2.45) is 0 Å². The minimum atomic E-state index is -0.933. The molecule has 0 amide bonds. The molecular weight excluding hydrogens is 192 g/mol. The molecule has 0 heterocycles. The standard InChI is InChI=1S/C12H12O3/c1-9-5-6-10(7-11(9)8-13)3-2-4-12(14)15/h5-7,13H,4,8H2,1H3,(H,14,15). The highest BCUT2D eigenvalue weighted by atomic mass is 16.4. The van der Waals surface area contributed by atoms with Crippen LogP contribution < -0.4 is 0 Å². The van der Waals surface area contributed by atoms with E-state index in [-0.39, 0.29) is 13.0 Å². The van der Waals surface area contributed by atoms with E-state index in [1.165, 1.54) is 0 Å². The van der Waals surface area contributed by atoms with Crippen LogP contribution in [0.1, 0.15) is 23.1 Å². The highest BCUT2D eigenvalue weighted by Gasteiger charge is 1.97. The third-order valence-corrected chi connectivity index (χ3v) is 1.99. The first-order chi connectivity index (χ1) is 7.13. The normalized spacial score (nSPS) is 9.20. The van der Waals surface area contributed by atoms with Crippen LogP contribution in [0.3, 0.4) is 0 Å². The molecule has 0 aliphatic heterocycles. The van der Waals surface area contributed by atoms with E-state index in [0.29, 0.717) is 0 Å². The van der Waals surface area contributed by atoms with Gasteiger partial charge in [-0.1, -0.05) is 17.9 Å². The number of aliphatic carboxylic acids is 1. The van der Waals surface area contributed by atoms with E-state index in [2.05, 4.69) is 11.8 Å². The first kappa shape index (κ1) is 11.3. The fourth-order valence-corrected chi connectivity index (χ4v) is 1.14. The van der Waals surface area contributed by atoms with Crippen molar-refractivity contribution in [1.29, 1.82) is 0 Å². The summed E-state index contributed by atoms with van der Waals surface area (Å²) in [6.07, 6.45) is -0.164. The van der Waals surface area contributed by atoms with Crippen molar-refractivity contribution in [2.75, 3.05) is 0 Å². The number of carbonyl (C=O) groups is 1. The Morgan fingerprint density at radius 1 is 1.47 bits per heavy atom. The Hall–Kier alpha value is -1.79. The Bertz CT molecular complexity index is 424. The molecule has 0 saturated carbocycles. The molecule has 1 aromatic rings. The van der Waals surface area contributed by atoms with Crippen LogP contribution in [0.25, 0.3) is 0 Å². The van der Waals surface area contributed by atoms with Gasteiger partial charge in [0.2, 0.25) is 0 Å². The maximum atomic E-state index is 10.2. The van der Waals surface area contributed by atoms with Crippen molar-refractivity contribution >= 4 is 5.97 Å². The summed E-state index contributed by atoms with van der Waals surface area (Å²) >= 11 is 0. The quantitative estimate of drug-likeness (QED) is 0.714. The Balaban J connectivity index is 2.85. The van der Waals surface area contributed by atoms with Gasteiger partial charge in [-0.2, -0.15) is 0 Å². The molecule has 78 valence electrons. The molecule has 0 aliphatic carbocycles. The van der Waals surface area contributed by atoms with Crippen LogP contribution >= 0.6 is 0 Å². The summed E-state index contributed by atoms with van der Waals surface area (Å²) in [5, 5.41) is 17.4. The van der Waals surface area contributed by atoms with E-state index < -0.39 is 5.97 Å². The van der Waals surface area contributed by atoms with Crippen LogP contribution in [0.2, 0.25) is 0 Å². The summed E-state index contributed by atoms with van der Waals surface area (Å²) in [4.78, 5) is 10.2. The monoisotopic (exact) mass is 204 g/mol. The first-order valence-corrected chi connectivity index (χ1v) is 4.54. The lowest BCUT2D eigenvalue weighted by atomic mass is 10.1. The van der Waals surface area contributed by atoms with Gasteiger partial charge >= 0.3 is 5.97 Å². The van der Waals surface area contributed by atoms with Gasteiger partial charge in [-0.05, 0) is 30.2 Å². The van der Waals surface area contributed by atoms with Gasteiger partial charge in [-0.25, -0.2) is 0 Å². The second-order valence-corrected chi connectivity index (χ2v) is 3.17. The summed E-state index contributed by atoms with van der Waals surface area (Å²) in [5.74, 6) is 4.34. The zero-order valence-corrected chi connectivity index (χ0v) is 8.45. The van der Waals surface area contributed by atoms with Gasteiger partial charge in [0.25, 0.3) is 0 Å². The Morgan fingerprint density at radius 3 is 2.80 bits per heavy atom. The molecular formula is C12H12O3. The number of rotatable bonds is 2. The number of hydrogen-bond acceptors (Lipinski definition) is 2. The van der Waals surface area contributed by atoms with Crippen molar-refractivity contribution in [2.45, 2.75) is 20.0 Å². The molecule has 0 atom stereocenters. The van der Waals surface area contributed by atoms with Crippen LogP contribution in [-0.2, 0) is 11.4 Å². The fourth-order valence-electron chi connectivity index (χ4n) is 1.14. The van der Waals surface area contributed by atoms with Crippen LogP contribution in [0.5, 0.6) is 0 Å². The highest BCUT2D eigenvalue weighted by molar-refractivity contribution is 5.70. The van der Waals surface area contributed by atoms with Crippen LogP contribution in [0.15, 0.2) is 18.2 Å². The number of aliphatic hydroxyl groups is 1. The van der Waals surface area contributed by atoms with E-state index in [1.54, 1.807) is 6.07 Å². The topological polar surface area (TPSA) is 57.5 Å². The van der Waals surface area contributed by atoms with Crippen LogP contribution in [0.4, 0.5) is 0 Å². The second-order valence-electron chi connectivity index (χ2n) is 3.17. The van der Waals surface area contributed by atoms with Gasteiger partial charge in [-0.15, -0.1) is 0 Å². The number of hydrogen-bond donors (Lipinski definition) is 2. The lowest BCUT2D eigenvalue weighted by Gasteiger charge is -2.01. The summed E-state index contributed by atoms with van der Waals surface area (Å²) in [6.45, 7) is 1.88. The number of aliphatic hydroxyl groups excluding tert-OH is 1. The minimum Gasteiger partial charge on any atom is -0.481 e. The van der Waals surface area contributed by atoms with E-state index in [4.69, 9.17) is 10.2 Å². The molecule has 0 aliphatic rings. The molecule has 15 heavy (non-hydrogen) atoms. The molecule has 3 heteroatoms. The Labute approximate surface area is 88.4 Å². The van der Waals surface area contributed by atoms with E-state index >= 15 is 0 Å². The van der Waals surface area contributed by atoms with Gasteiger partial charge in [-0.3, -0.25) is 4.79 Å². The average molecular weight is 204 g/mol. The molecule has 0 aromatic heterocycles. The number of benzene rings is 1. The molecule has 1 aromatic carbocycles. The maximum Gasteiger partial charge on any atom is 0.315 e. The third-order valence-electron chi connectivity index (χ3n) is 1.99. The van der Waals surface area contributed by atoms with Gasteiger partial charge in [0.1, 0.15) is 6.42 Å². The van der Waals surface area contributed by atoms with Crippen molar-refractivity contribution < 1.29 is 15.0 Å². The molecule has 0 fully saturated rings. The van der Waals surface area contributed by atoms with E-state index in [1.807, 2.05) is 19.1 Å². The molecule has 0 bridgehead atoms. The van der Waals surface area contributed by atoms with Crippen LogP contribution in [0, 0.1) is 18.8 Å². The second kappa shape index (κ2) is 5.18. The summed E-state index contributed by atoms with van der Waals surface area (Å²) in [7, 11) is 0. The number of aryl methyl sites for hydroxylation is 1.